The van der Waals surface area contributed by atoms with E-state index >= 15 is 0 Å². The van der Waals surface area contributed by atoms with E-state index in [-0.39, 0.29) is 18.0 Å². The fourth-order valence-corrected chi connectivity index (χ4v) is 4.23. The van der Waals surface area contributed by atoms with E-state index in [1.165, 1.54) is 12.1 Å². The Morgan fingerprint density at radius 3 is 2.88 bits per heavy atom. The van der Waals surface area contributed by atoms with Crippen LogP contribution >= 0.6 is 0 Å². The number of carbonyl (C=O) groups is 1. The van der Waals surface area contributed by atoms with E-state index in [4.69, 9.17) is 0 Å². The van der Waals surface area contributed by atoms with Crippen LogP contribution in [0.2, 0.25) is 0 Å². The van der Waals surface area contributed by atoms with Crippen molar-refractivity contribution in [1.29, 1.82) is 5.26 Å². The summed E-state index contributed by atoms with van der Waals surface area (Å²) < 4.78 is 16.4. The second-order valence-corrected chi connectivity index (χ2v) is 8.86. The number of nitrogens with one attached hydrogen (secondary N) is 2. The zero-order valence-corrected chi connectivity index (χ0v) is 18.8. The van der Waals surface area contributed by atoms with Gasteiger partial charge in [-0.15, -0.1) is 0 Å². The molecular weight excluding hydrogens is 435 g/mol. The molecule has 9 nitrogen and oxygen atoms in total. The summed E-state index contributed by atoms with van der Waals surface area (Å²) in [5, 5.41) is 17.6. The van der Waals surface area contributed by atoms with Crippen LogP contribution in [0.1, 0.15) is 30.6 Å². The van der Waals surface area contributed by atoms with Gasteiger partial charge in [0.15, 0.2) is 5.82 Å². The number of hydrogen-bond acceptors (Lipinski definition) is 6. The molecule has 0 bridgehead atoms. The SMILES string of the molecule is CC(C)NC(=O)c1ccc(N2CC(CC#N)(n3cc(-c4ncc5cc[nH]c5n4)cn3)C2)cc1F. The molecule has 0 radical (unpaired) electrons. The summed E-state index contributed by atoms with van der Waals surface area (Å²) in [6.45, 7) is 4.61. The Labute approximate surface area is 195 Å². The van der Waals surface area contributed by atoms with Crippen molar-refractivity contribution in [2.45, 2.75) is 31.8 Å². The number of anilines is 1. The van der Waals surface area contributed by atoms with Gasteiger partial charge < -0.3 is 15.2 Å². The molecule has 0 aliphatic carbocycles. The zero-order valence-electron chi connectivity index (χ0n) is 18.8. The van der Waals surface area contributed by atoms with Crippen molar-refractivity contribution >= 4 is 22.6 Å². The number of aromatic nitrogens is 5. The van der Waals surface area contributed by atoms with Crippen molar-refractivity contribution in [1.82, 2.24) is 30.0 Å². The number of hydrogen-bond donors (Lipinski definition) is 2. The Kier molecular flexibility index (Phi) is 5.24. The van der Waals surface area contributed by atoms with Gasteiger partial charge in [-0.05, 0) is 38.1 Å². The molecule has 4 heterocycles. The minimum atomic E-state index is -0.577. The van der Waals surface area contributed by atoms with Gasteiger partial charge in [-0.1, -0.05) is 0 Å². The zero-order chi connectivity index (χ0) is 23.9. The molecule has 5 rings (SSSR count). The maximum Gasteiger partial charge on any atom is 0.254 e. The quantitative estimate of drug-likeness (QED) is 0.458. The van der Waals surface area contributed by atoms with Crippen molar-refractivity contribution in [3.05, 3.63) is 60.4 Å². The first-order valence-electron chi connectivity index (χ1n) is 11.0. The summed E-state index contributed by atoms with van der Waals surface area (Å²) in [4.78, 5) is 26.2. The van der Waals surface area contributed by atoms with E-state index in [9.17, 15) is 14.4 Å². The van der Waals surface area contributed by atoms with Crippen LogP contribution in [-0.2, 0) is 5.54 Å². The van der Waals surface area contributed by atoms with Crippen LogP contribution in [-0.4, -0.2) is 49.8 Å². The van der Waals surface area contributed by atoms with Gasteiger partial charge in [0.05, 0.1) is 29.8 Å². The molecule has 3 aromatic heterocycles. The molecule has 0 atom stereocenters. The Morgan fingerprint density at radius 1 is 1.32 bits per heavy atom. The molecule has 1 fully saturated rings. The number of aromatic amines is 1. The van der Waals surface area contributed by atoms with Gasteiger partial charge in [0.1, 0.15) is 17.0 Å². The van der Waals surface area contributed by atoms with Crippen molar-refractivity contribution in [3.8, 4) is 17.5 Å². The monoisotopic (exact) mass is 458 g/mol. The number of H-pyrrole nitrogens is 1. The normalized spacial score (nSPS) is 14.7. The molecule has 34 heavy (non-hydrogen) atoms. The van der Waals surface area contributed by atoms with Crippen LogP contribution in [0.4, 0.5) is 10.1 Å². The van der Waals surface area contributed by atoms with Crippen LogP contribution in [0.25, 0.3) is 22.4 Å². The smallest absolute Gasteiger partial charge is 0.254 e. The fraction of sp³-hybridized carbons (Fsp3) is 0.292. The van der Waals surface area contributed by atoms with Gasteiger partial charge >= 0.3 is 0 Å². The number of amides is 1. The molecule has 1 amide bonds. The van der Waals surface area contributed by atoms with E-state index in [0.29, 0.717) is 24.6 Å². The van der Waals surface area contributed by atoms with Crippen LogP contribution in [0.15, 0.2) is 49.1 Å². The lowest BCUT2D eigenvalue weighted by molar-refractivity contribution is 0.0939. The average Bonchev–Trinajstić information content (AvgIpc) is 3.44. The maximum atomic E-state index is 14.6. The summed E-state index contributed by atoms with van der Waals surface area (Å²) in [7, 11) is 0. The molecule has 0 unspecified atom stereocenters. The molecule has 10 heteroatoms. The molecule has 0 saturated carbocycles. The van der Waals surface area contributed by atoms with Crippen LogP contribution in [0.5, 0.6) is 0 Å². The van der Waals surface area contributed by atoms with E-state index < -0.39 is 17.3 Å². The average molecular weight is 459 g/mol. The van der Waals surface area contributed by atoms with E-state index in [2.05, 4.69) is 31.4 Å². The van der Waals surface area contributed by atoms with Crippen LogP contribution in [0.3, 0.4) is 0 Å². The molecule has 1 saturated heterocycles. The summed E-state index contributed by atoms with van der Waals surface area (Å²) in [6.07, 6.45) is 7.34. The number of carbonyl (C=O) groups excluding carboxylic acids is 1. The first-order chi connectivity index (χ1) is 16.4. The van der Waals surface area contributed by atoms with Gasteiger partial charge in [-0.3, -0.25) is 9.48 Å². The number of halogens is 1. The summed E-state index contributed by atoms with van der Waals surface area (Å²) in [5.74, 6) is -0.473. The second kappa shape index (κ2) is 8.26. The highest BCUT2D eigenvalue weighted by atomic mass is 19.1. The largest absolute Gasteiger partial charge is 0.366 e. The van der Waals surface area contributed by atoms with E-state index in [0.717, 1.165) is 16.6 Å². The predicted molar refractivity (Wildman–Crippen MR) is 125 cm³/mol. The van der Waals surface area contributed by atoms with E-state index in [1.807, 2.05) is 37.2 Å². The van der Waals surface area contributed by atoms with Crippen molar-refractivity contribution in [3.63, 3.8) is 0 Å². The lowest BCUT2D eigenvalue weighted by atomic mass is 9.86. The van der Waals surface area contributed by atoms with Crippen LogP contribution in [0, 0.1) is 17.1 Å². The summed E-state index contributed by atoms with van der Waals surface area (Å²) in [5.41, 5.74) is 1.61. The highest BCUT2D eigenvalue weighted by Crippen LogP contribution is 2.37. The summed E-state index contributed by atoms with van der Waals surface area (Å²) in [6, 6.07) is 8.65. The molecule has 2 N–H and O–H groups in total. The molecule has 172 valence electrons. The minimum Gasteiger partial charge on any atom is -0.366 e. The Morgan fingerprint density at radius 2 is 2.15 bits per heavy atom. The fourth-order valence-electron chi connectivity index (χ4n) is 4.23. The topological polar surface area (TPSA) is 116 Å². The number of benzene rings is 1. The van der Waals surface area contributed by atoms with E-state index in [1.54, 1.807) is 23.1 Å². The van der Waals surface area contributed by atoms with Crippen LogP contribution < -0.4 is 10.2 Å². The predicted octanol–water partition coefficient (Wildman–Crippen LogP) is 3.23. The van der Waals surface area contributed by atoms with Crippen molar-refractivity contribution in [2.75, 3.05) is 18.0 Å². The Hall–Kier alpha value is -4.26. The molecule has 0 spiro atoms. The third kappa shape index (κ3) is 3.75. The first kappa shape index (κ1) is 21.6. The number of rotatable bonds is 6. The summed E-state index contributed by atoms with van der Waals surface area (Å²) >= 11 is 0. The number of nitrogens with zero attached hydrogens (tertiary/aromatic N) is 6. The molecule has 1 aromatic carbocycles. The number of fused-ring (bicyclic) bond motifs is 1. The molecule has 4 aromatic rings. The minimum absolute atomic E-state index is 0.0111. The van der Waals surface area contributed by atoms with Gasteiger partial charge in [0.2, 0.25) is 0 Å². The first-order valence-corrected chi connectivity index (χ1v) is 11.0. The number of nitriles is 1. The highest BCUT2D eigenvalue weighted by molar-refractivity contribution is 5.95. The van der Waals surface area contributed by atoms with Gasteiger partial charge in [0.25, 0.3) is 5.91 Å². The Balaban J connectivity index is 1.36. The maximum absolute atomic E-state index is 14.6. The third-order valence-electron chi connectivity index (χ3n) is 5.99. The van der Waals surface area contributed by atoms with Crippen molar-refractivity contribution < 1.29 is 9.18 Å². The second-order valence-electron chi connectivity index (χ2n) is 8.86. The Bertz CT molecular complexity index is 1410. The standard InChI is InChI=1S/C24H23FN8O/c1-15(2)30-23(34)19-4-3-18(9-20(19)25)32-13-24(14-32,6-7-26)33-12-17(11-29-33)22-28-10-16-5-8-27-21(16)31-22/h3-5,8-12,15H,6,13-14H2,1-2H3,(H,30,34)(H,27,28,31). The lowest BCUT2D eigenvalue weighted by Crippen LogP contribution is -2.63. The van der Waals surface area contributed by atoms with Gasteiger partial charge in [-0.25, -0.2) is 14.4 Å². The molecule has 1 aliphatic heterocycles. The third-order valence-corrected chi connectivity index (χ3v) is 5.99. The van der Waals surface area contributed by atoms with Gasteiger partial charge in [-0.2, -0.15) is 10.4 Å². The van der Waals surface area contributed by atoms with Gasteiger partial charge in [0, 0.05) is 48.8 Å². The lowest BCUT2D eigenvalue weighted by Gasteiger charge is -2.50. The molecular formula is C24H23FN8O. The highest BCUT2D eigenvalue weighted by Gasteiger charge is 2.46. The van der Waals surface area contributed by atoms with Crippen molar-refractivity contribution in [2.24, 2.45) is 0 Å². The molecule has 1 aliphatic rings.